The first-order valence-electron chi connectivity index (χ1n) is 8.43. The molecule has 1 fully saturated rings. The van der Waals surface area contributed by atoms with Crippen LogP contribution in [0.25, 0.3) is 0 Å². The second kappa shape index (κ2) is 11.7. The molecule has 0 atom stereocenters. The largest absolute Gasteiger partial charge is 0.357 e. The number of rotatable bonds is 7. The molecule has 0 saturated carbocycles. The maximum Gasteiger partial charge on any atom is 0.215 e. The summed E-state index contributed by atoms with van der Waals surface area (Å²) < 4.78 is 26.3. The molecule has 0 spiro atoms. The maximum atomic E-state index is 12.4. The molecule has 1 saturated heterocycles. The fraction of sp³-hybridized carbons (Fsp3) is 0.733. The Bertz CT molecular complexity index is 668. The highest BCUT2D eigenvalue weighted by Gasteiger charge is 2.23. The van der Waals surface area contributed by atoms with Gasteiger partial charge in [-0.05, 0) is 20.8 Å². The van der Waals surface area contributed by atoms with E-state index < -0.39 is 10.0 Å². The number of aliphatic imine (C=N–C) groups is 1. The first-order valence-corrected chi connectivity index (χ1v) is 12.0. The molecule has 0 aromatic carbocycles. The van der Waals surface area contributed by atoms with Crippen LogP contribution in [0.1, 0.15) is 22.5 Å². The van der Waals surface area contributed by atoms with Gasteiger partial charge in [-0.3, -0.25) is 0 Å². The Morgan fingerprint density at radius 3 is 2.54 bits per heavy atom. The van der Waals surface area contributed by atoms with Gasteiger partial charge in [0.1, 0.15) is 5.01 Å². The Morgan fingerprint density at radius 1 is 1.27 bits per heavy atom. The number of thioether (sulfide) groups is 1. The summed E-state index contributed by atoms with van der Waals surface area (Å²) in [7, 11) is -3.20. The van der Waals surface area contributed by atoms with Gasteiger partial charge in [-0.1, -0.05) is 0 Å². The summed E-state index contributed by atoms with van der Waals surface area (Å²) in [5.74, 6) is 2.46. The van der Waals surface area contributed by atoms with Crippen molar-refractivity contribution in [3.63, 3.8) is 0 Å². The molecule has 0 aliphatic carbocycles. The normalized spacial score (nSPS) is 16.2. The fourth-order valence-electron chi connectivity index (χ4n) is 2.35. The molecule has 150 valence electrons. The van der Waals surface area contributed by atoms with E-state index in [4.69, 9.17) is 0 Å². The van der Waals surface area contributed by atoms with E-state index in [0.717, 1.165) is 28.8 Å². The number of hydrogen-bond donors (Lipinski definition) is 2. The van der Waals surface area contributed by atoms with Gasteiger partial charge in [-0.25, -0.2) is 22.7 Å². The van der Waals surface area contributed by atoms with Crippen molar-refractivity contribution >= 4 is 63.1 Å². The molecular weight excluding hydrogens is 505 g/mol. The Morgan fingerprint density at radius 2 is 1.96 bits per heavy atom. The summed E-state index contributed by atoms with van der Waals surface area (Å²) in [5, 5.41) is 7.22. The van der Waals surface area contributed by atoms with E-state index in [-0.39, 0.29) is 29.7 Å². The summed E-state index contributed by atoms with van der Waals surface area (Å²) in [6, 6.07) is 0. The van der Waals surface area contributed by atoms with Crippen LogP contribution in [-0.2, 0) is 16.6 Å². The van der Waals surface area contributed by atoms with Crippen molar-refractivity contribution < 1.29 is 8.42 Å². The predicted octanol–water partition coefficient (Wildman–Crippen LogP) is 1.81. The third-order valence-electron chi connectivity index (χ3n) is 3.81. The van der Waals surface area contributed by atoms with E-state index >= 15 is 0 Å². The summed E-state index contributed by atoms with van der Waals surface area (Å²) in [6.07, 6.45) is 0. The zero-order valence-electron chi connectivity index (χ0n) is 15.4. The van der Waals surface area contributed by atoms with Gasteiger partial charge in [0.05, 0.1) is 18.0 Å². The van der Waals surface area contributed by atoms with Gasteiger partial charge < -0.3 is 10.6 Å². The summed E-state index contributed by atoms with van der Waals surface area (Å²) in [4.78, 5) is 10.2. The Kier molecular flexibility index (Phi) is 10.7. The molecule has 1 aromatic rings. The molecule has 1 aliphatic heterocycles. The first kappa shape index (κ1) is 23.9. The maximum absolute atomic E-state index is 12.4. The van der Waals surface area contributed by atoms with Gasteiger partial charge >= 0.3 is 0 Å². The lowest BCUT2D eigenvalue weighted by atomic mass is 10.4. The van der Waals surface area contributed by atoms with Gasteiger partial charge in [0.2, 0.25) is 10.0 Å². The number of aryl methyl sites for hydroxylation is 2. The lowest BCUT2D eigenvalue weighted by molar-refractivity contribution is 0.443. The van der Waals surface area contributed by atoms with Gasteiger partial charge in [-0.2, -0.15) is 11.8 Å². The molecule has 1 aliphatic rings. The topological polar surface area (TPSA) is 86.7 Å². The summed E-state index contributed by atoms with van der Waals surface area (Å²) in [6.45, 7) is 8.81. The highest BCUT2D eigenvalue weighted by molar-refractivity contribution is 14.0. The van der Waals surface area contributed by atoms with Crippen LogP contribution in [0.15, 0.2) is 4.99 Å². The van der Waals surface area contributed by atoms with Crippen LogP contribution in [-0.4, -0.2) is 67.1 Å². The van der Waals surface area contributed by atoms with Gasteiger partial charge in [0.15, 0.2) is 5.96 Å². The minimum atomic E-state index is -3.20. The van der Waals surface area contributed by atoms with Crippen LogP contribution in [0.5, 0.6) is 0 Å². The molecule has 0 amide bonds. The molecule has 0 radical (unpaired) electrons. The number of nitrogens with one attached hydrogen (secondary N) is 2. The number of hydrogen-bond acceptors (Lipinski definition) is 6. The molecule has 2 rings (SSSR count). The molecule has 2 N–H and O–H groups in total. The second-order valence-electron chi connectivity index (χ2n) is 5.70. The quantitative estimate of drug-likeness (QED) is 0.316. The minimum Gasteiger partial charge on any atom is -0.357 e. The monoisotopic (exact) mass is 533 g/mol. The lowest BCUT2D eigenvalue weighted by Crippen LogP contribution is -2.44. The van der Waals surface area contributed by atoms with E-state index in [1.807, 2.05) is 20.8 Å². The molecule has 0 bridgehead atoms. The van der Waals surface area contributed by atoms with E-state index in [2.05, 4.69) is 20.6 Å². The van der Waals surface area contributed by atoms with Crippen molar-refractivity contribution in [1.29, 1.82) is 0 Å². The predicted molar refractivity (Wildman–Crippen MR) is 123 cm³/mol. The van der Waals surface area contributed by atoms with Crippen molar-refractivity contribution in [3.8, 4) is 0 Å². The fourth-order valence-corrected chi connectivity index (χ4v) is 5.70. The molecule has 2 heterocycles. The summed E-state index contributed by atoms with van der Waals surface area (Å²) in [5.41, 5.74) is 1.04. The number of halogens is 1. The van der Waals surface area contributed by atoms with Crippen LogP contribution < -0.4 is 10.6 Å². The van der Waals surface area contributed by atoms with Crippen molar-refractivity contribution in [2.75, 3.05) is 43.4 Å². The molecule has 26 heavy (non-hydrogen) atoms. The molecule has 7 nitrogen and oxygen atoms in total. The lowest BCUT2D eigenvalue weighted by Gasteiger charge is -2.25. The average Bonchev–Trinajstić information content (AvgIpc) is 2.91. The number of sulfonamides is 1. The Hall–Kier alpha value is -0.110. The Balaban J connectivity index is 0.00000338. The molecule has 11 heteroatoms. The van der Waals surface area contributed by atoms with Crippen molar-refractivity contribution in [2.24, 2.45) is 4.99 Å². The van der Waals surface area contributed by atoms with Crippen LogP contribution in [0.4, 0.5) is 0 Å². The van der Waals surface area contributed by atoms with E-state index in [1.165, 1.54) is 4.88 Å². The minimum absolute atomic E-state index is 0. The molecular formula is C15H28IN5O2S3. The van der Waals surface area contributed by atoms with Crippen LogP contribution >= 0.6 is 47.1 Å². The Labute approximate surface area is 181 Å². The van der Waals surface area contributed by atoms with Crippen molar-refractivity contribution in [2.45, 2.75) is 27.3 Å². The highest BCUT2D eigenvalue weighted by Crippen LogP contribution is 2.17. The van der Waals surface area contributed by atoms with Crippen molar-refractivity contribution in [1.82, 2.24) is 19.9 Å². The average molecular weight is 534 g/mol. The molecule has 0 unspecified atom stereocenters. The molecule has 1 aromatic heterocycles. The van der Waals surface area contributed by atoms with Crippen molar-refractivity contribution in [3.05, 3.63) is 15.6 Å². The van der Waals surface area contributed by atoms with Gasteiger partial charge in [-0.15, -0.1) is 35.3 Å². The number of guanidine groups is 1. The van der Waals surface area contributed by atoms with Gasteiger partial charge in [0.25, 0.3) is 0 Å². The number of nitrogens with zero attached hydrogens (tertiary/aromatic N) is 3. The first-order chi connectivity index (χ1) is 11.9. The number of aromatic nitrogens is 1. The van der Waals surface area contributed by atoms with Crippen LogP contribution in [0, 0.1) is 13.8 Å². The third kappa shape index (κ3) is 7.49. The zero-order valence-corrected chi connectivity index (χ0v) is 20.2. The van der Waals surface area contributed by atoms with Crippen LogP contribution in [0.2, 0.25) is 0 Å². The van der Waals surface area contributed by atoms with E-state index in [1.54, 1.807) is 27.4 Å². The second-order valence-corrected chi connectivity index (χ2v) is 10.3. The number of thiazole rings is 1. The summed E-state index contributed by atoms with van der Waals surface area (Å²) >= 11 is 3.44. The zero-order chi connectivity index (χ0) is 18.3. The standard InChI is InChI=1S/C15H27N5O2S3.HI/c1-4-16-15(18-11-14-19-12(2)13(3)24-14)17-5-10-25(21,22)20-6-8-23-9-7-20;/h4-11H2,1-3H3,(H2,16,17,18);1H. The van der Waals surface area contributed by atoms with E-state index in [9.17, 15) is 8.42 Å². The van der Waals surface area contributed by atoms with Crippen LogP contribution in [0.3, 0.4) is 0 Å². The highest BCUT2D eigenvalue weighted by atomic mass is 127. The third-order valence-corrected chi connectivity index (χ3v) is 7.68. The smallest absolute Gasteiger partial charge is 0.215 e. The van der Waals surface area contributed by atoms with E-state index in [0.29, 0.717) is 32.1 Å². The van der Waals surface area contributed by atoms with Gasteiger partial charge in [0, 0.05) is 42.6 Å². The SMILES string of the molecule is CCNC(=NCc1nc(C)c(C)s1)NCCS(=O)(=O)N1CCSCC1.I.